The Morgan fingerprint density at radius 2 is 2.33 bits per heavy atom. The zero-order chi connectivity index (χ0) is 17.1. The summed E-state index contributed by atoms with van der Waals surface area (Å²) >= 11 is 2.59. The molecule has 0 saturated heterocycles. The SMILES string of the molecule is O=C(CSc1nncs1)N[C@H]1Cc2cccc(C(=O)O)c2OB1O. The van der Waals surface area contributed by atoms with Crippen molar-refractivity contribution in [1.29, 1.82) is 0 Å². The summed E-state index contributed by atoms with van der Waals surface area (Å²) in [4.78, 5) is 23.2. The van der Waals surface area contributed by atoms with Crippen LogP contribution in [0, 0.1) is 0 Å². The lowest BCUT2D eigenvalue weighted by atomic mass is 9.72. The minimum atomic E-state index is -1.31. The largest absolute Gasteiger partial charge is 0.547 e. The van der Waals surface area contributed by atoms with Crippen molar-refractivity contribution in [2.75, 3.05) is 5.75 Å². The summed E-state index contributed by atoms with van der Waals surface area (Å²) in [6, 6.07) is 4.72. The molecule has 124 valence electrons. The molecular weight excluding hydrogens is 353 g/mol. The molecule has 1 aliphatic heterocycles. The number of carboxylic acids is 1. The number of thioether (sulfide) groups is 1. The average Bonchev–Trinajstić information content (AvgIpc) is 3.06. The molecule has 3 rings (SSSR count). The Kier molecular flexibility index (Phi) is 5.02. The van der Waals surface area contributed by atoms with Crippen LogP contribution in [-0.2, 0) is 11.2 Å². The molecule has 1 aromatic carbocycles. The summed E-state index contributed by atoms with van der Waals surface area (Å²) in [5.74, 6) is -1.77. The molecule has 0 aliphatic carbocycles. The van der Waals surface area contributed by atoms with Gasteiger partial charge in [-0.2, -0.15) is 0 Å². The molecule has 0 spiro atoms. The van der Waals surface area contributed by atoms with E-state index in [4.69, 9.17) is 9.76 Å². The number of aromatic nitrogens is 2. The highest BCUT2D eigenvalue weighted by atomic mass is 32.2. The van der Waals surface area contributed by atoms with Crippen molar-refractivity contribution in [3.63, 3.8) is 0 Å². The molecule has 0 unspecified atom stereocenters. The van der Waals surface area contributed by atoms with Gasteiger partial charge in [0, 0.05) is 0 Å². The second-order valence-corrected chi connectivity index (χ2v) is 7.03. The van der Waals surface area contributed by atoms with Gasteiger partial charge in [-0.1, -0.05) is 35.2 Å². The standard InChI is InChI=1S/C13H12BN3O5S2/c18-10(5-23-13-17-15-6-24-13)16-9-4-7-2-1-3-8(12(19)20)11(7)22-14(9)21/h1-3,6,9,21H,4-5H2,(H,16,18)(H,19,20)/t9-/m0/s1. The zero-order valence-corrected chi connectivity index (χ0v) is 13.8. The number of nitrogens with one attached hydrogen (secondary N) is 1. The number of carbonyl (C=O) groups is 2. The summed E-state index contributed by atoms with van der Waals surface area (Å²) < 4.78 is 6.00. The molecule has 1 amide bonds. The highest BCUT2D eigenvalue weighted by molar-refractivity contribution is 8.01. The van der Waals surface area contributed by atoms with Crippen LogP contribution in [0.2, 0.25) is 0 Å². The van der Waals surface area contributed by atoms with Gasteiger partial charge in [0.1, 0.15) is 11.3 Å². The van der Waals surface area contributed by atoms with Crippen molar-refractivity contribution in [1.82, 2.24) is 15.5 Å². The summed E-state index contributed by atoms with van der Waals surface area (Å²) in [7, 11) is -1.31. The first-order valence-corrected chi connectivity index (χ1v) is 8.79. The maximum absolute atomic E-state index is 12.0. The molecule has 0 fully saturated rings. The van der Waals surface area contributed by atoms with Crippen molar-refractivity contribution in [3.8, 4) is 5.75 Å². The number of hydrogen-bond acceptors (Lipinski definition) is 8. The van der Waals surface area contributed by atoms with Gasteiger partial charge < -0.3 is 20.1 Å². The van der Waals surface area contributed by atoms with E-state index >= 15 is 0 Å². The number of hydrogen-bond donors (Lipinski definition) is 3. The van der Waals surface area contributed by atoms with E-state index in [-0.39, 0.29) is 29.4 Å². The molecule has 2 heterocycles. The van der Waals surface area contributed by atoms with E-state index in [1.54, 1.807) is 17.6 Å². The van der Waals surface area contributed by atoms with E-state index in [1.807, 2.05) is 0 Å². The summed E-state index contributed by atoms with van der Waals surface area (Å²) in [6.45, 7) is 0. The van der Waals surface area contributed by atoms with Crippen molar-refractivity contribution in [3.05, 3.63) is 34.8 Å². The van der Waals surface area contributed by atoms with E-state index in [9.17, 15) is 14.6 Å². The average molecular weight is 365 g/mol. The minimum Gasteiger partial charge on any atom is -0.534 e. The van der Waals surface area contributed by atoms with E-state index in [0.717, 1.165) is 0 Å². The molecule has 24 heavy (non-hydrogen) atoms. The summed E-state index contributed by atoms with van der Waals surface area (Å²) in [5, 5.41) is 29.4. The minimum absolute atomic E-state index is 0.0110. The molecule has 1 atom stereocenters. The van der Waals surface area contributed by atoms with Crippen LogP contribution in [0.25, 0.3) is 0 Å². The number of benzene rings is 1. The van der Waals surface area contributed by atoms with E-state index in [0.29, 0.717) is 9.90 Å². The third-order valence-corrected chi connectivity index (χ3v) is 5.22. The lowest BCUT2D eigenvalue weighted by molar-refractivity contribution is -0.118. The molecule has 0 saturated carbocycles. The molecule has 1 aromatic heterocycles. The number of carbonyl (C=O) groups excluding carboxylic acids is 1. The lowest BCUT2D eigenvalue weighted by Crippen LogP contribution is -2.53. The number of nitrogens with zero attached hydrogens (tertiary/aromatic N) is 2. The second-order valence-electron chi connectivity index (χ2n) is 4.98. The van der Waals surface area contributed by atoms with Crippen molar-refractivity contribution >= 4 is 42.1 Å². The van der Waals surface area contributed by atoms with Crippen LogP contribution in [-0.4, -0.2) is 51.0 Å². The Labute approximate surface area is 145 Å². The van der Waals surface area contributed by atoms with E-state index in [1.165, 1.54) is 29.2 Å². The third-order valence-electron chi connectivity index (χ3n) is 3.36. The Morgan fingerprint density at radius 3 is 3.04 bits per heavy atom. The smallest absolute Gasteiger partial charge is 0.534 e. The maximum atomic E-state index is 12.0. The molecule has 8 nitrogen and oxygen atoms in total. The number of fused-ring (bicyclic) bond motifs is 1. The van der Waals surface area contributed by atoms with Gasteiger partial charge in [-0.15, -0.1) is 10.2 Å². The summed E-state index contributed by atoms with van der Waals surface area (Å²) in [6.07, 6.45) is 0.285. The van der Waals surface area contributed by atoms with Crippen LogP contribution >= 0.6 is 23.1 Å². The molecule has 11 heteroatoms. The molecule has 1 aliphatic rings. The third kappa shape index (κ3) is 3.69. The van der Waals surface area contributed by atoms with Gasteiger partial charge in [-0.3, -0.25) is 4.79 Å². The van der Waals surface area contributed by atoms with Gasteiger partial charge in [-0.25, -0.2) is 4.79 Å². The van der Waals surface area contributed by atoms with Gasteiger partial charge in [0.2, 0.25) is 5.91 Å². The fraction of sp³-hybridized carbons (Fsp3) is 0.231. The lowest BCUT2D eigenvalue weighted by Gasteiger charge is -2.28. The molecule has 0 radical (unpaired) electrons. The predicted molar refractivity (Wildman–Crippen MR) is 88.3 cm³/mol. The van der Waals surface area contributed by atoms with Crippen molar-refractivity contribution in [2.45, 2.75) is 16.7 Å². The van der Waals surface area contributed by atoms with Crippen LogP contribution in [0.1, 0.15) is 15.9 Å². The van der Waals surface area contributed by atoms with Gasteiger partial charge >= 0.3 is 13.1 Å². The van der Waals surface area contributed by atoms with Crippen LogP contribution in [0.4, 0.5) is 0 Å². The first-order chi connectivity index (χ1) is 11.5. The van der Waals surface area contributed by atoms with Gasteiger partial charge in [0.05, 0.1) is 17.3 Å². The first kappa shape index (κ1) is 16.7. The quantitative estimate of drug-likeness (QED) is 0.516. The van der Waals surface area contributed by atoms with Crippen LogP contribution in [0.15, 0.2) is 28.0 Å². The monoisotopic (exact) mass is 365 g/mol. The summed E-state index contributed by atoms with van der Waals surface area (Å²) in [5.41, 5.74) is 2.20. The molecule has 2 aromatic rings. The Morgan fingerprint density at radius 1 is 1.50 bits per heavy atom. The maximum Gasteiger partial charge on any atom is 0.547 e. The molecule has 3 N–H and O–H groups in total. The van der Waals surface area contributed by atoms with Crippen LogP contribution in [0.3, 0.4) is 0 Å². The Hall–Kier alpha value is -2.11. The second kappa shape index (κ2) is 7.20. The van der Waals surface area contributed by atoms with Crippen LogP contribution < -0.4 is 9.97 Å². The Balaban J connectivity index is 1.64. The number of amides is 1. The van der Waals surface area contributed by atoms with Gasteiger partial charge in [0.15, 0.2) is 4.34 Å². The first-order valence-electron chi connectivity index (χ1n) is 6.93. The van der Waals surface area contributed by atoms with E-state index in [2.05, 4.69) is 15.5 Å². The normalized spacial score (nSPS) is 16.2. The number of aromatic carboxylic acids is 1. The molecular formula is C13H12BN3O5S2. The molecule has 0 bridgehead atoms. The fourth-order valence-corrected chi connectivity index (χ4v) is 3.62. The topological polar surface area (TPSA) is 122 Å². The number of carboxylic acid groups (broad SMARTS) is 1. The van der Waals surface area contributed by atoms with E-state index < -0.39 is 19.0 Å². The number of rotatable bonds is 5. The highest BCUT2D eigenvalue weighted by Gasteiger charge is 2.37. The predicted octanol–water partition coefficient (Wildman–Crippen LogP) is 0.468. The van der Waals surface area contributed by atoms with Gasteiger partial charge in [0.25, 0.3) is 0 Å². The Bertz CT molecular complexity index is 758. The van der Waals surface area contributed by atoms with Crippen molar-refractivity contribution < 1.29 is 24.4 Å². The fourth-order valence-electron chi connectivity index (χ4n) is 2.32. The van der Waals surface area contributed by atoms with Crippen LogP contribution in [0.5, 0.6) is 5.75 Å². The van der Waals surface area contributed by atoms with Crippen molar-refractivity contribution in [2.24, 2.45) is 0 Å². The highest BCUT2D eigenvalue weighted by Crippen LogP contribution is 2.30. The van der Waals surface area contributed by atoms with Gasteiger partial charge in [-0.05, 0) is 18.1 Å². The number of para-hydroxylation sites is 1. The zero-order valence-electron chi connectivity index (χ0n) is 12.2.